The van der Waals surface area contributed by atoms with Gasteiger partial charge in [0.2, 0.25) is 0 Å². The molecule has 1 aliphatic heterocycles. The standard InChI is InChI=1S/C11H19NO4S/c1-11(2,3)16-10(14)12-8-6-17-5-7(8)9(13)15-4/h7-8H,5-6H2,1-4H3,(H,12,14). The number of alkyl carbamates (subject to hydrolysis) is 1. The zero-order valence-corrected chi connectivity index (χ0v) is 11.4. The molecule has 0 spiro atoms. The van der Waals surface area contributed by atoms with Crippen molar-refractivity contribution < 1.29 is 19.1 Å². The van der Waals surface area contributed by atoms with Gasteiger partial charge in [0.25, 0.3) is 0 Å². The van der Waals surface area contributed by atoms with Gasteiger partial charge in [-0.2, -0.15) is 11.8 Å². The van der Waals surface area contributed by atoms with Gasteiger partial charge in [-0.3, -0.25) is 4.79 Å². The fourth-order valence-electron chi connectivity index (χ4n) is 1.54. The summed E-state index contributed by atoms with van der Waals surface area (Å²) in [5, 5.41) is 2.72. The maximum atomic E-state index is 11.6. The van der Waals surface area contributed by atoms with Crippen LogP contribution in [0.5, 0.6) is 0 Å². The summed E-state index contributed by atoms with van der Waals surface area (Å²) in [6.07, 6.45) is -0.487. The number of rotatable bonds is 2. The summed E-state index contributed by atoms with van der Waals surface area (Å²) in [6.45, 7) is 5.40. The highest BCUT2D eigenvalue weighted by molar-refractivity contribution is 7.99. The normalized spacial score (nSPS) is 24.2. The van der Waals surface area contributed by atoms with Crippen LogP contribution < -0.4 is 5.32 Å². The van der Waals surface area contributed by atoms with Gasteiger partial charge >= 0.3 is 12.1 Å². The molecular weight excluding hydrogens is 242 g/mol. The van der Waals surface area contributed by atoms with E-state index in [9.17, 15) is 9.59 Å². The number of thioether (sulfide) groups is 1. The molecule has 2 unspecified atom stereocenters. The lowest BCUT2D eigenvalue weighted by atomic mass is 10.0. The first-order valence-corrected chi connectivity index (χ1v) is 6.64. The molecule has 1 saturated heterocycles. The van der Waals surface area contributed by atoms with Crippen molar-refractivity contribution in [2.24, 2.45) is 5.92 Å². The monoisotopic (exact) mass is 261 g/mol. The highest BCUT2D eigenvalue weighted by Crippen LogP contribution is 2.25. The fraction of sp³-hybridized carbons (Fsp3) is 0.818. The smallest absolute Gasteiger partial charge is 0.407 e. The summed E-state index contributed by atoms with van der Waals surface area (Å²) in [5.74, 6) is 0.820. The number of hydrogen-bond acceptors (Lipinski definition) is 5. The molecule has 1 heterocycles. The van der Waals surface area contributed by atoms with Crippen LogP contribution in [0.25, 0.3) is 0 Å². The molecule has 0 saturated carbocycles. The molecule has 0 radical (unpaired) electrons. The lowest BCUT2D eigenvalue weighted by Gasteiger charge is -2.23. The first-order valence-electron chi connectivity index (χ1n) is 5.48. The number of methoxy groups -OCH3 is 1. The van der Waals surface area contributed by atoms with Crippen LogP contribution in [0, 0.1) is 5.92 Å². The summed E-state index contributed by atoms with van der Waals surface area (Å²) in [5.41, 5.74) is -0.531. The minimum atomic E-state index is -0.531. The van der Waals surface area contributed by atoms with Crippen molar-refractivity contribution in [3.05, 3.63) is 0 Å². The van der Waals surface area contributed by atoms with Gasteiger partial charge < -0.3 is 14.8 Å². The van der Waals surface area contributed by atoms with E-state index in [0.29, 0.717) is 11.5 Å². The molecule has 0 aromatic heterocycles. The zero-order chi connectivity index (χ0) is 13.1. The molecule has 6 heteroatoms. The Balaban J connectivity index is 2.50. The van der Waals surface area contributed by atoms with Crippen LogP contribution in [-0.4, -0.2) is 42.3 Å². The van der Waals surface area contributed by atoms with Gasteiger partial charge in [0.05, 0.1) is 19.1 Å². The van der Waals surface area contributed by atoms with Crippen molar-refractivity contribution in [3.63, 3.8) is 0 Å². The van der Waals surface area contributed by atoms with Gasteiger partial charge in [-0.15, -0.1) is 0 Å². The lowest BCUT2D eigenvalue weighted by molar-refractivity contribution is -0.145. The molecule has 5 nitrogen and oxygen atoms in total. The molecule has 1 N–H and O–H groups in total. The van der Waals surface area contributed by atoms with Gasteiger partial charge in [-0.25, -0.2) is 4.79 Å². The molecule has 0 aromatic carbocycles. The van der Waals surface area contributed by atoms with Crippen molar-refractivity contribution in [2.45, 2.75) is 32.4 Å². The highest BCUT2D eigenvalue weighted by Gasteiger charge is 2.36. The highest BCUT2D eigenvalue weighted by atomic mass is 32.2. The average molecular weight is 261 g/mol. The van der Waals surface area contributed by atoms with E-state index in [1.54, 1.807) is 32.5 Å². The third-order valence-corrected chi connectivity index (χ3v) is 3.48. The van der Waals surface area contributed by atoms with Crippen LogP contribution in [0.15, 0.2) is 0 Å². The van der Waals surface area contributed by atoms with E-state index in [0.717, 1.165) is 0 Å². The molecule has 1 aliphatic rings. The minimum Gasteiger partial charge on any atom is -0.469 e. The van der Waals surface area contributed by atoms with Crippen molar-refractivity contribution in [1.29, 1.82) is 0 Å². The number of esters is 1. The van der Waals surface area contributed by atoms with Crippen LogP contribution in [0.1, 0.15) is 20.8 Å². The summed E-state index contributed by atoms with van der Waals surface area (Å²) < 4.78 is 9.85. The predicted molar refractivity (Wildman–Crippen MR) is 66.0 cm³/mol. The van der Waals surface area contributed by atoms with Crippen molar-refractivity contribution in [2.75, 3.05) is 18.6 Å². The van der Waals surface area contributed by atoms with Crippen molar-refractivity contribution >= 4 is 23.8 Å². The Morgan fingerprint density at radius 3 is 2.47 bits per heavy atom. The van der Waals surface area contributed by atoms with Crippen molar-refractivity contribution in [1.82, 2.24) is 5.32 Å². The van der Waals surface area contributed by atoms with Crippen LogP contribution in [0.3, 0.4) is 0 Å². The van der Waals surface area contributed by atoms with Gasteiger partial charge in [0, 0.05) is 11.5 Å². The maximum absolute atomic E-state index is 11.6. The topological polar surface area (TPSA) is 64.6 Å². The summed E-state index contributed by atoms with van der Waals surface area (Å²) in [7, 11) is 1.36. The number of carbonyl (C=O) groups excluding carboxylic acids is 2. The molecule has 1 amide bonds. The van der Waals surface area contributed by atoms with Crippen molar-refractivity contribution in [3.8, 4) is 0 Å². The van der Waals surface area contributed by atoms with Crippen LogP contribution in [0.2, 0.25) is 0 Å². The SMILES string of the molecule is COC(=O)C1CSCC1NC(=O)OC(C)(C)C. The number of carbonyl (C=O) groups is 2. The van der Waals surface area contributed by atoms with E-state index in [-0.39, 0.29) is 17.9 Å². The van der Waals surface area contributed by atoms with Crippen LogP contribution in [0.4, 0.5) is 4.79 Å². The quantitative estimate of drug-likeness (QED) is 0.761. The Labute approximate surface area is 106 Å². The molecule has 0 aromatic rings. The van der Waals surface area contributed by atoms with Gasteiger partial charge in [-0.1, -0.05) is 0 Å². The third kappa shape index (κ3) is 4.46. The number of ether oxygens (including phenoxy) is 2. The fourth-order valence-corrected chi connectivity index (χ4v) is 2.87. The van der Waals surface area contributed by atoms with E-state index in [1.807, 2.05) is 0 Å². The second-order valence-electron chi connectivity index (χ2n) is 4.92. The first-order chi connectivity index (χ1) is 7.83. The largest absolute Gasteiger partial charge is 0.469 e. The third-order valence-electron chi connectivity index (χ3n) is 2.29. The van der Waals surface area contributed by atoms with E-state index < -0.39 is 11.7 Å². The van der Waals surface area contributed by atoms with E-state index in [2.05, 4.69) is 5.32 Å². The Morgan fingerprint density at radius 1 is 1.29 bits per heavy atom. The van der Waals surface area contributed by atoms with Gasteiger partial charge in [0.1, 0.15) is 5.60 Å². The molecule has 1 rings (SSSR count). The van der Waals surface area contributed by atoms with Gasteiger partial charge in [0.15, 0.2) is 0 Å². The Hall–Kier alpha value is -0.910. The Kier molecular flexibility index (Phi) is 4.68. The second kappa shape index (κ2) is 5.62. The molecular formula is C11H19NO4S. The molecule has 98 valence electrons. The molecule has 0 aliphatic carbocycles. The molecule has 0 bridgehead atoms. The molecule has 1 fully saturated rings. The van der Waals surface area contributed by atoms with Gasteiger partial charge in [-0.05, 0) is 20.8 Å². The lowest BCUT2D eigenvalue weighted by Crippen LogP contribution is -2.45. The number of hydrogen-bond donors (Lipinski definition) is 1. The zero-order valence-electron chi connectivity index (χ0n) is 10.6. The summed E-state index contributed by atoms with van der Waals surface area (Å²) >= 11 is 1.62. The van der Waals surface area contributed by atoms with Crippen LogP contribution >= 0.6 is 11.8 Å². The summed E-state index contributed by atoms with van der Waals surface area (Å²) in [4.78, 5) is 23.0. The number of amides is 1. The maximum Gasteiger partial charge on any atom is 0.407 e. The first kappa shape index (κ1) is 14.2. The molecule has 2 atom stereocenters. The second-order valence-corrected chi connectivity index (χ2v) is 5.99. The van der Waals surface area contributed by atoms with E-state index in [4.69, 9.17) is 9.47 Å². The predicted octanol–water partition coefficient (Wildman–Crippen LogP) is 1.42. The Morgan fingerprint density at radius 2 is 1.94 bits per heavy atom. The average Bonchev–Trinajstić information content (AvgIpc) is 2.61. The Bertz CT molecular complexity index is 300. The van der Waals surface area contributed by atoms with E-state index >= 15 is 0 Å². The molecule has 17 heavy (non-hydrogen) atoms. The minimum absolute atomic E-state index is 0.206. The van der Waals surface area contributed by atoms with Crippen LogP contribution in [-0.2, 0) is 14.3 Å². The summed E-state index contributed by atoms with van der Waals surface area (Å²) in [6, 6.07) is -0.206. The number of nitrogens with one attached hydrogen (secondary N) is 1. The van der Waals surface area contributed by atoms with E-state index in [1.165, 1.54) is 7.11 Å².